The molecule has 0 N–H and O–H groups in total. The van der Waals surface area contributed by atoms with Gasteiger partial charge in [0.1, 0.15) is 11.5 Å². The van der Waals surface area contributed by atoms with Crippen molar-refractivity contribution < 1.29 is 23.7 Å². The average Bonchev–Trinajstić information content (AvgIpc) is 2.97. The zero-order chi connectivity index (χ0) is 18.6. The van der Waals surface area contributed by atoms with Gasteiger partial charge in [0, 0.05) is 19.2 Å². The van der Waals surface area contributed by atoms with E-state index in [1.54, 1.807) is 19.1 Å². The Bertz CT molecular complexity index is 817. The second-order valence-corrected chi connectivity index (χ2v) is 5.67. The molecule has 1 amide bonds. The van der Waals surface area contributed by atoms with Crippen molar-refractivity contribution in [3.63, 3.8) is 0 Å². The van der Waals surface area contributed by atoms with Crippen LogP contribution in [0.15, 0.2) is 34.7 Å². The number of ether oxygens (including phenoxy) is 1. The standard InChI is InChI=1S/C16H15ClN2O6/c1-10-3-5-12(25-10)8-18(2)15(20)9-24-16(21)13-7-11(19(22)23)4-6-14(13)17/h3-7H,8-9H2,1-2H3. The van der Waals surface area contributed by atoms with Gasteiger partial charge in [-0.1, -0.05) is 11.6 Å². The highest BCUT2D eigenvalue weighted by Gasteiger charge is 2.19. The predicted octanol–water partition coefficient (Wildman–Crippen LogP) is 2.97. The second-order valence-electron chi connectivity index (χ2n) is 5.26. The highest BCUT2D eigenvalue weighted by atomic mass is 35.5. The molecule has 0 saturated carbocycles. The summed E-state index contributed by atoms with van der Waals surface area (Å²) in [4.78, 5) is 35.5. The number of hydrogen-bond donors (Lipinski definition) is 0. The van der Waals surface area contributed by atoms with Gasteiger partial charge in [-0.3, -0.25) is 14.9 Å². The van der Waals surface area contributed by atoms with E-state index in [1.807, 2.05) is 0 Å². The van der Waals surface area contributed by atoms with E-state index in [2.05, 4.69) is 0 Å². The molecule has 0 fully saturated rings. The molecule has 0 aliphatic rings. The highest BCUT2D eigenvalue weighted by Crippen LogP contribution is 2.22. The monoisotopic (exact) mass is 366 g/mol. The topological polar surface area (TPSA) is 103 Å². The third-order valence-corrected chi connectivity index (χ3v) is 3.65. The molecule has 1 aromatic heterocycles. The van der Waals surface area contributed by atoms with Gasteiger partial charge in [0.15, 0.2) is 6.61 Å². The van der Waals surface area contributed by atoms with Crippen LogP contribution in [0.5, 0.6) is 0 Å². The maximum atomic E-state index is 12.0. The third kappa shape index (κ3) is 4.80. The van der Waals surface area contributed by atoms with E-state index in [0.29, 0.717) is 5.76 Å². The summed E-state index contributed by atoms with van der Waals surface area (Å²) in [6, 6.07) is 6.92. The number of nitro benzene ring substituents is 1. The van der Waals surface area contributed by atoms with Crippen LogP contribution >= 0.6 is 11.6 Å². The lowest BCUT2D eigenvalue weighted by Crippen LogP contribution is -2.30. The molecule has 9 heteroatoms. The average molecular weight is 367 g/mol. The summed E-state index contributed by atoms with van der Waals surface area (Å²) in [5, 5.41) is 10.8. The Kier molecular flexibility index (Phi) is 5.76. The molecule has 1 heterocycles. The summed E-state index contributed by atoms with van der Waals surface area (Å²) in [7, 11) is 1.54. The molecule has 0 bridgehead atoms. The van der Waals surface area contributed by atoms with Gasteiger partial charge in [0.05, 0.1) is 22.1 Å². The maximum Gasteiger partial charge on any atom is 0.340 e. The van der Waals surface area contributed by atoms with Crippen molar-refractivity contribution in [1.29, 1.82) is 0 Å². The molecule has 25 heavy (non-hydrogen) atoms. The Morgan fingerprint density at radius 1 is 1.32 bits per heavy atom. The second kappa shape index (κ2) is 7.80. The number of halogens is 1. The van der Waals surface area contributed by atoms with Crippen LogP contribution in [-0.2, 0) is 16.1 Å². The van der Waals surface area contributed by atoms with Crippen LogP contribution < -0.4 is 0 Å². The molecule has 0 saturated heterocycles. The number of furan rings is 1. The molecule has 2 aromatic rings. The first-order chi connectivity index (χ1) is 11.8. The van der Waals surface area contributed by atoms with Crippen LogP contribution in [0.1, 0.15) is 21.9 Å². The van der Waals surface area contributed by atoms with Gasteiger partial charge in [-0.25, -0.2) is 4.79 Å². The molecule has 132 valence electrons. The van der Waals surface area contributed by atoms with Crippen LogP contribution in [0.4, 0.5) is 5.69 Å². The highest BCUT2D eigenvalue weighted by molar-refractivity contribution is 6.33. The Morgan fingerprint density at radius 3 is 2.64 bits per heavy atom. The predicted molar refractivity (Wildman–Crippen MR) is 88.3 cm³/mol. The number of likely N-dealkylation sites (N-methyl/N-ethyl adjacent to an activating group) is 1. The lowest BCUT2D eigenvalue weighted by Gasteiger charge is -2.15. The van der Waals surface area contributed by atoms with Crippen molar-refractivity contribution in [2.45, 2.75) is 13.5 Å². The number of nitro groups is 1. The van der Waals surface area contributed by atoms with E-state index in [0.717, 1.165) is 11.8 Å². The summed E-state index contributed by atoms with van der Waals surface area (Å²) in [5.74, 6) is -0.0442. The van der Waals surface area contributed by atoms with E-state index in [-0.39, 0.29) is 22.8 Å². The number of amides is 1. The van der Waals surface area contributed by atoms with Crippen molar-refractivity contribution in [2.75, 3.05) is 13.7 Å². The summed E-state index contributed by atoms with van der Waals surface area (Å²) in [6.07, 6.45) is 0. The largest absolute Gasteiger partial charge is 0.464 e. The number of rotatable bonds is 6. The van der Waals surface area contributed by atoms with Gasteiger partial charge in [-0.05, 0) is 25.1 Å². The van der Waals surface area contributed by atoms with Crippen molar-refractivity contribution in [2.24, 2.45) is 0 Å². The van der Waals surface area contributed by atoms with Gasteiger partial charge in [0.2, 0.25) is 0 Å². The van der Waals surface area contributed by atoms with E-state index < -0.39 is 23.4 Å². The van der Waals surface area contributed by atoms with Crippen LogP contribution in [-0.4, -0.2) is 35.4 Å². The third-order valence-electron chi connectivity index (χ3n) is 3.32. The fourth-order valence-corrected chi connectivity index (χ4v) is 2.19. The molecule has 0 aliphatic heterocycles. The number of hydrogen-bond acceptors (Lipinski definition) is 6. The summed E-state index contributed by atoms with van der Waals surface area (Å²) >= 11 is 5.85. The Morgan fingerprint density at radius 2 is 2.04 bits per heavy atom. The fourth-order valence-electron chi connectivity index (χ4n) is 1.99. The Hall–Kier alpha value is -2.87. The van der Waals surface area contributed by atoms with Gasteiger partial charge < -0.3 is 14.1 Å². The lowest BCUT2D eigenvalue weighted by atomic mass is 10.2. The molecular formula is C16H15ClN2O6. The number of carbonyl (C=O) groups excluding carboxylic acids is 2. The smallest absolute Gasteiger partial charge is 0.340 e. The summed E-state index contributed by atoms with van der Waals surface area (Å²) in [5.41, 5.74) is -0.471. The minimum Gasteiger partial charge on any atom is -0.464 e. The van der Waals surface area contributed by atoms with Crippen LogP contribution in [0.3, 0.4) is 0 Å². The van der Waals surface area contributed by atoms with Gasteiger partial charge >= 0.3 is 5.97 Å². The molecule has 0 unspecified atom stereocenters. The number of aryl methyl sites for hydroxylation is 1. The van der Waals surface area contributed by atoms with Crippen LogP contribution in [0, 0.1) is 17.0 Å². The molecule has 2 rings (SSSR count). The number of nitrogens with zero attached hydrogens (tertiary/aromatic N) is 2. The summed E-state index contributed by atoms with van der Waals surface area (Å²) < 4.78 is 10.3. The van der Waals surface area contributed by atoms with E-state index in [4.69, 9.17) is 20.8 Å². The molecule has 0 atom stereocenters. The van der Waals surface area contributed by atoms with E-state index in [1.165, 1.54) is 24.1 Å². The number of esters is 1. The number of carbonyl (C=O) groups is 2. The van der Waals surface area contributed by atoms with Gasteiger partial charge in [-0.2, -0.15) is 0 Å². The lowest BCUT2D eigenvalue weighted by molar-refractivity contribution is -0.384. The Balaban J connectivity index is 1.96. The SMILES string of the molecule is Cc1ccc(CN(C)C(=O)COC(=O)c2cc([N+](=O)[O-])ccc2Cl)o1. The van der Waals surface area contributed by atoms with Gasteiger partial charge in [0.25, 0.3) is 11.6 Å². The van der Waals surface area contributed by atoms with Crippen molar-refractivity contribution in [3.05, 3.63) is 62.6 Å². The zero-order valence-electron chi connectivity index (χ0n) is 13.5. The molecule has 8 nitrogen and oxygen atoms in total. The quantitative estimate of drug-likeness (QED) is 0.442. The van der Waals surface area contributed by atoms with Crippen molar-refractivity contribution in [3.8, 4) is 0 Å². The first-order valence-corrected chi connectivity index (χ1v) is 7.56. The van der Waals surface area contributed by atoms with Gasteiger partial charge in [-0.15, -0.1) is 0 Å². The molecular weight excluding hydrogens is 352 g/mol. The van der Waals surface area contributed by atoms with Crippen LogP contribution in [0.2, 0.25) is 5.02 Å². The number of benzene rings is 1. The minimum absolute atomic E-state index is 0.00228. The molecule has 0 spiro atoms. The molecule has 1 aromatic carbocycles. The minimum atomic E-state index is -0.913. The van der Waals surface area contributed by atoms with Crippen molar-refractivity contribution >= 4 is 29.2 Å². The summed E-state index contributed by atoms with van der Waals surface area (Å²) in [6.45, 7) is 1.49. The first-order valence-electron chi connectivity index (χ1n) is 7.18. The maximum absolute atomic E-state index is 12.0. The van der Waals surface area contributed by atoms with Crippen molar-refractivity contribution in [1.82, 2.24) is 4.90 Å². The molecule has 0 radical (unpaired) electrons. The Labute approximate surface area is 148 Å². The zero-order valence-corrected chi connectivity index (χ0v) is 14.3. The normalized spacial score (nSPS) is 10.4. The number of non-ortho nitro benzene ring substituents is 1. The van der Waals surface area contributed by atoms with E-state index >= 15 is 0 Å². The van der Waals surface area contributed by atoms with Crippen LogP contribution in [0.25, 0.3) is 0 Å². The first kappa shape index (κ1) is 18.5. The van der Waals surface area contributed by atoms with E-state index in [9.17, 15) is 19.7 Å². The molecule has 0 aliphatic carbocycles. The fraction of sp³-hybridized carbons (Fsp3) is 0.250.